The molecule has 0 radical (unpaired) electrons. The predicted molar refractivity (Wildman–Crippen MR) is 110 cm³/mol. The third-order valence-electron chi connectivity index (χ3n) is 5.11. The Kier molecular flexibility index (Phi) is 5.38. The summed E-state index contributed by atoms with van der Waals surface area (Å²) in [6, 6.07) is 9.69. The van der Waals surface area contributed by atoms with E-state index in [1.54, 1.807) is 29.2 Å². The van der Waals surface area contributed by atoms with E-state index in [9.17, 15) is 14.3 Å². The van der Waals surface area contributed by atoms with Crippen LogP contribution in [0.5, 0.6) is 5.75 Å². The van der Waals surface area contributed by atoms with Crippen LogP contribution in [-0.4, -0.2) is 54.5 Å². The fraction of sp³-hybridized carbons (Fsp3) is 0.350. The van der Waals surface area contributed by atoms with Crippen molar-refractivity contribution < 1.29 is 19.0 Å². The van der Waals surface area contributed by atoms with Crippen molar-refractivity contribution in [2.24, 2.45) is 0 Å². The molecule has 9 heteroatoms. The van der Waals surface area contributed by atoms with Gasteiger partial charge < -0.3 is 30.3 Å². The predicted octanol–water partition coefficient (Wildman–Crippen LogP) is 2.71. The standard InChI is InChI=1S/C20H22ClFN4O3/c1-12(23-13-2-5-17-18(10-13)29-20(28)24-17)19(27)26-8-6-25(7-9-26)14-3-4-15(21)16(22)11-14/h2-5,10-12,20,23-24,28H,6-9H2,1H3. The summed E-state index contributed by atoms with van der Waals surface area (Å²) in [5.41, 5.74) is 2.20. The second kappa shape index (κ2) is 7.96. The highest BCUT2D eigenvalue weighted by atomic mass is 35.5. The molecular formula is C20H22ClFN4O3. The van der Waals surface area contributed by atoms with Crippen molar-refractivity contribution in [3.63, 3.8) is 0 Å². The Morgan fingerprint density at radius 3 is 2.76 bits per heavy atom. The minimum atomic E-state index is -1.05. The summed E-state index contributed by atoms with van der Waals surface area (Å²) >= 11 is 5.75. The molecule has 154 valence electrons. The van der Waals surface area contributed by atoms with E-state index < -0.39 is 18.3 Å². The molecule has 7 nitrogen and oxygen atoms in total. The van der Waals surface area contributed by atoms with Crippen molar-refractivity contribution in [2.75, 3.05) is 41.7 Å². The Hall–Kier alpha value is -2.71. The van der Waals surface area contributed by atoms with E-state index in [0.717, 1.165) is 11.4 Å². The molecular weight excluding hydrogens is 399 g/mol. The minimum absolute atomic E-state index is 0.00786. The summed E-state index contributed by atoms with van der Waals surface area (Å²) < 4.78 is 18.9. The number of fused-ring (bicyclic) bond motifs is 1. The van der Waals surface area contributed by atoms with Crippen LogP contribution in [0, 0.1) is 5.82 Å². The number of ether oxygens (including phenoxy) is 1. The van der Waals surface area contributed by atoms with Gasteiger partial charge in [0.1, 0.15) is 17.6 Å². The average Bonchev–Trinajstić information content (AvgIpc) is 3.09. The number of rotatable bonds is 4. The second-order valence-electron chi connectivity index (χ2n) is 7.10. The fourth-order valence-electron chi connectivity index (χ4n) is 3.56. The number of aliphatic hydroxyl groups excluding tert-OH is 1. The smallest absolute Gasteiger partial charge is 0.279 e. The van der Waals surface area contributed by atoms with E-state index in [1.807, 2.05) is 17.9 Å². The molecule has 0 aromatic heterocycles. The van der Waals surface area contributed by atoms with Crippen LogP contribution in [0.4, 0.5) is 21.5 Å². The summed E-state index contributed by atoms with van der Waals surface area (Å²) in [6.45, 7) is 4.16. The molecule has 0 spiro atoms. The largest absolute Gasteiger partial charge is 0.445 e. The highest BCUT2D eigenvalue weighted by molar-refractivity contribution is 6.30. The van der Waals surface area contributed by atoms with Crippen LogP contribution >= 0.6 is 11.6 Å². The Morgan fingerprint density at radius 1 is 1.28 bits per heavy atom. The quantitative estimate of drug-likeness (QED) is 0.706. The molecule has 2 aliphatic heterocycles. The molecule has 0 bridgehead atoms. The van der Waals surface area contributed by atoms with Crippen LogP contribution in [0.25, 0.3) is 0 Å². The van der Waals surface area contributed by atoms with Crippen molar-refractivity contribution in [2.45, 2.75) is 19.4 Å². The number of benzene rings is 2. The maximum absolute atomic E-state index is 13.7. The number of hydrogen-bond donors (Lipinski definition) is 3. The summed E-state index contributed by atoms with van der Waals surface area (Å²) in [6.07, 6.45) is -1.05. The van der Waals surface area contributed by atoms with Gasteiger partial charge in [0.15, 0.2) is 0 Å². The zero-order valence-corrected chi connectivity index (χ0v) is 16.6. The van der Waals surface area contributed by atoms with Crippen LogP contribution in [0.1, 0.15) is 6.92 Å². The van der Waals surface area contributed by atoms with E-state index in [1.165, 1.54) is 6.07 Å². The van der Waals surface area contributed by atoms with Crippen molar-refractivity contribution in [1.82, 2.24) is 4.90 Å². The van der Waals surface area contributed by atoms with E-state index in [2.05, 4.69) is 10.6 Å². The van der Waals surface area contributed by atoms with Crippen LogP contribution in [-0.2, 0) is 4.79 Å². The molecule has 2 heterocycles. The van der Waals surface area contributed by atoms with Crippen molar-refractivity contribution in [3.8, 4) is 5.75 Å². The Balaban J connectivity index is 1.33. The van der Waals surface area contributed by atoms with Gasteiger partial charge in [-0.15, -0.1) is 0 Å². The SMILES string of the molecule is CC(Nc1ccc2c(c1)OC(O)N2)C(=O)N1CCN(c2ccc(Cl)c(F)c2)CC1. The minimum Gasteiger partial charge on any atom is -0.445 e. The van der Waals surface area contributed by atoms with Crippen molar-refractivity contribution in [1.29, 1.82) is 0 Å². The lowest BCUT2D eigenvalue weighted by Crippen LogP contribution is -2.52. The molecule has 1 amide bonds. The molecule has 4 rings (SSSR count). The van der Waals surface area contributed by atoms with Gasteiger partial charge in [-0.05, 0) is 37.3 Å². The molecule has 3 N–H and O–H groups in total. The summed E-state index contributed by atoms with van der Waals surface area (Å²) in [7, 11) is 0. The highest BCUT2D eigenvalue weighted by Gasteiger charge is 2.26. The number of anilines is 3. The first-order valence-corrected chi connectivity index (χ1v) is 9.79. The van der Waals surface area contributed by atoms with E-state index >= 15 is 0 Å². The second-order valence-corrected chi connectivity index (χ2v) is 7.51. The third kappa shape index (κ3) is 4.18. The molecule has 2 aromatic rings. The van der Waals surface area contributed by atoms with E-state index in [-0.39, 0.29) is 10.9 Å². The van der Waals surface area contributed by atoms with Crippen LogP contribution in [0.3, 0.4) is 0 Å². The lowest BCUT2D eigenvalue weighted by Gasteiger charge is -2.37. The topological polar surface area (TPSA) is 77.1 Å². The first kappa shape index (κ1) is 19.6. The maximum atomic E-state index is 13.7. The van der Waals surface area contributed by atoms with E-state index in [0.29, 0.717) is 37.6 Å². The van der Waals surface area contributed by atoms with Gasteiger partial charge in [0.05, 0.1) is 10.7 Å². The van der Waals surface area contributed by atoms with Gasteiger partial charge in [-0.1, -0.05) is 11.6 Å². The van der Waals surface area contributed by atoms with Gasteiger partial charge in [0, 0.05) is 43.6 Å². The number of nitrogens with one attached hydrogen (secondary N) is 2. The van der Waals surface area contributed by atoms with E-state index in [4.69, 9.17) is 16.3 Å². The molecule has 29 heavy (non-hydrogen) atoms. The fourth-order valence-corrected chi connectivity index (χ4v) is 3.68. The molecule has 0 saturated carbocycles. The number of halogens is 2. The average molecular weight is 421 g/mol. The van der Waals surface area contributed by atoms with Crippen LogP contribution in [0.2, 0.25) is 5.02 Å². The van der Waals surface area contributed by atoms with Crippen LogP contribution in [0.15, 0.2) is 36.4 Å². The molecule has 1 fully saturated rings. The summed E-state index contributed by atoms with van der Waals surface area (Å²) in [5.74, 6) is 0.0824. The molecule has 2 aromatic carbocycles. The highest BCUT2D eigenvalue weighted by Crippen LogP contribution is 2.33. The molecule has 2 atom stereocenters. The number of carbonyl (C=O) groups is 1. The molecule has 2 unspecified atom stereocenters. The Morgan fingerprint density at radius 2 is 2.03 bits per heavy atom. The molecule has 0 aliphatic carbocycles. The van der Waals surface area contributed by atoms with Crippen LogP contribution < -0.4 is 20.3 Å². The van der Waals surface area contributed by atoms with Gasteiger partial charge in [0.25, 0.3) is 6.41 Å². The monoisotopic (exact) mass is 420 g/mol. The first-order valence-electron chi connectivity index (χ1n) is 9.41. The lowest BCUT2D eigenvalue weighted by molar-refractivity contribution is -0.131. The molecule has 2 aliphatic rings. The van der Waals surface area contributed by atoms with Gasteiger partial charge in [0.2, 0.25) is 5.91 Å². The number of piperazine rings is 1. The number of carbonyl (C=O) groups excluding carboxylic acids is 1. The van der Waals surface area contributed by atoms with Gasteiger partial charge in [-0.2, -0.15) is 0 Å². The lowest BCUT2D eigenvalue weighted by atomic mass is 10.2. The summed E-state index contributed by atoms with van der Waals surface area (Å²) in [5, 5.41) is 15.5. The maximum Gasteiger partial charge on any atom is 0.279 e. The van der Waals surface area contributed by atoms with Gasteiger partial charge in [-0.25, -0.2) is 4.39 Å². The zero-order chi connectivity index (χ0) is 20.5. The molecule has 1 saturated heterocycles. The number of amides is 1. The zero-order valence-electron chi connectivity index (χ0n) is 15.9. The normalized spacial score (nSPS) is 19.2. The first-order chi connectivity index (χ1) is 13.9. The van der Waals surface area contributed by atoms with Gasteiger partial charge >= 0.3 is 0 Å². The van der Waals surface area contributed by atoms with Gasteiger partial charge in [-0.3, -0.25) is 4.79 Å². The van der Waals surface area contributed by atoms with Crippen molar-refractivity contribution in [3.05, 3.63) is 47.2 Å². The third-order valence-corrected chi connectivity index (χ3v) is 5.42. The number of nitrogens with zero attached hydrogens (tertiary/aromatic N) is 2. The number of hydrogen-bond acceptors (Lipinski definition) is 6. The van der Waals surface area contributed by atoms with Crippen molar-refractivity contribution >= 4 is 34.6 Å². The Labute approximate surface area is 173 Å². The number of aliphatic hydroxyl groups is 1. The Bertz CT molecular complexity index is 921. The summed E-state index contributed by atoms with van der Waals surface area (Å²) in [4.78, 5) is 16.7.